The number of hydrogen-bond acceptors (Lipinski definition) is 8. The van der Waals surface area contributed by atoms with Gasteiger partial charge in [-0.2, -0.15) is 0 Å². The van der Waals surface area contributed by atoms with Gasteiger partial charge in [-0.3, -0.25) is 0 Å². The fourth-order valence-electron chi connectivity index (χ4n) is 1.77. The largest absolute Gasteiger partial charge is 0.462 e. The Morgan fingerprint density at radius 2 is 1.15 bits per heavy atom. The third-order valence-corrected chi connectivity index (χ3v) is 3.86. The first-order valence-electron chi connectivity index (χ1n) is 7.81. The Kier molecular flexibility index (Phi) is 11.9. The second kappa shape index (κ2) is 12.6. The van der Waals surface area contributed by atoms with Crippen molar-refractivity contribution in [1.29, 1.82) is 0 Å². The van der Waals surface area contributed by atoms with Crippen LogP contribution in [0.5, 0.6) is 0 Å². The average Bonchev–Trinajstić information content (AvgIpc) is 2.60. The number of thiol groups is 2. The van der Waals surface area contributed by atoms with Crippen molar-refractivity contribution in [3.8, 4) is 0 Å². The summed E-state index contributed by atoms with van der Waals surface area (Å²) in [6.45, 7) is 4.25. The molecule has 0 aromatic heterocycles. The van der Waals surface area contributed by atoms with Crippen LogP contribution >= 0.6 is 25.3 Å². The number of carbonyl (C=O) groups is 2. The zero-order valence-corrected chi connectivity index (χ0v) is 20.0. The molecule has 9 heteroatoms. The summed E-state index contributed by atoms with van der Waals surface area (Å²) in [5.74, 6) is -0.699. The van der Waals surface area contributed by atoms with Gasteiger partial charge in [0, 0.05) is 40.6 Å². The molecule has 0 aliphatic heterocycles. The van der Waals surface area contributed by atoms with Crippen LogP contribution in [-0.4, -0.2) is 25.2 Å². The van der Waals surface area contributed by atoms with Gasteiger partial charge in [-0.05, 0) is 50.2 Å². The molecule has 0 spiro atoms. The minimum absolute atomic E-state index is 0. The predicted octanol–water partition coefficient (Wildman–Crippen LogP) is 3.47. The normalized spacial score (nSPS) is 9.33. The van der Waals surface area contributed by atoms with Crippen LogP contribution in [0.4, 0.5) is 11.4 Å². The van der Waals surface area contributed by atoms with Crippen molar-refractivity contribution in [1.82, 2.24) is 0 Å². The number of ether oxygens (including phenoxy) is 2. The van der Waals surface area contributed by atoms with Gasteiger partial charge in [0.15, 0.2) is 0 Å². The minimum atomic E-state index is -0.349. The Morgan fingerprint density at radius 3 is 1.41 bits per heavy atom. The van der Waals surface area contributed by atoms with Crippen molar-refractivity contribution in [2.75, 3.05) is 24.7 Å². The van der Waals surface area contributed by atoms with Crippen molar-refractivity contribution in [2.45, 2.75) is 23.6 Å². The van der Waals surface area contributed by atoms with Gasteiger partial charge in [-0.15, -0.1) is 25.3 Å². The van der Waals surface area contributed by atoms with Crippen molar-refractivity contribution >= 4 is 48.6 Å². The van der Waals surface area contributed by atoms with Crippen LogP contribution in [0.3, 0.4) is 0 Å². The fraction of sp³-hybridized carbons (Fsp3) is 0.222. The number of rotatable bonds is 4. The molecule has 2 rings (SSSR count). The van der Waals surface area contributed by atoms with Gasteiger partial charge in [0.1, 0.15) is 0 Å². The van der Waals surface area contributed by atoms with E-state index in [1.807, 2.05) is 0 Å². The quantitative estimate of drug-likeness (QED) is 0.241. The molecule has 0 atom stereocenters. The third-order valence-electron chi connectivity index (χ3n) is 3.08. The SMILES string of the molecule is CCOC(=O)c1ccc(N)c(S)c1.CCOC(=O)c1ccc(N)c(S)c1.[Zn]. The van der Waals surface area contributed by atoms with Crippen molar-refractivity contribution in [3.05, 3.63) is 47.5 Å². The van der Waals surface area contributed by atoms with Gasteiger partial charge in [0.2, 0.25) is 0 Å². The molecule has 0 aliphatic rings. The second-order valence-electron chi connectivity index (χ2n) is 4.99. The number of anilines is 2. The van der Waals surface area contributed by atoms with Gasteiger partial charge in [-0.1, -0.05) is 0 Å². The summed E-state index contributed by atoms with van der Waals surface area (Å²) in [4.78, 5) is 23.6. The van der Waals surface area contributed by atoms with Gasteiger partial charge >= 0.3 is 11.9 Å². The fourth-order valence-corrected chi connectivity index (χ4v) is 2.20. The van der Waals surface area contributed by atoms with Crippen LogP contribution in [0.2, 0.25) is 0 Å². The van der Waals surface area contributed by atoms with Gasteiger partial charge in [0.25, 0.3) is 0 Å². The summed E-state index contributed by atoms with van der Waals surface area (Å²) in [6.07, 6.45) is 0. The Morgan fingerprint density at radius 1 is 0.815 bits per heavy atom. The van der Waals surface area contributed by atoms with E-state index in [2.05, 4.69) is 25.3 Å². The first-order chi connectivity index (χ1) is 12.3. The maximum absolute atomic E-state index is 11.2. The summed E-state index contributed by atoms with van der Waals surface area (Å²) in [5.41, 5.74) is 13.1. The molecule has 4 N–H and O–H groups in total. The van der Waals surface area contributed by atoms with E-state index >= 15 is 0 Å². The summed E-state index contributed by atoms with van der Waals surface area (Å²) in [7, 11) is 0. The average molecular weight is 460 g/mol. The molecule has 0 amide bonds. The van der Waals surface area contributed by atoms with E-state index in [4.69, 9.17) is 20.9 Å². The summed E-state index contributed by atoms with van der Waals surface area (Å²) in [6, 6.07) is 9.69. The summed E-state index contributed by atoms with van der Waals surface area (Å²) < 4.78 is 9.62. The van der Waals surface area contributed by atoms with Gasteiger partial charge < -0.3 is 20.9 Å². The molecular formula is C18H22N2O4S2Zn. The molecule has 2 aromatic carbocycles. The topological polar surface area (TPSA) is 105 Å². The molecular weight excluding hydrogens is 438 g/mol. The predicted molar refractivity (Wildman–Crippen MR) is 108 cm³/mol. The Hall–Kier alpha value is -1.70. The maximum atomic E-state index is 11.2. The number of nitrogen functional groups attached to an aromatic ring is 2. The Balaban J connectivity index is 0.000000483. The van der Waals surface area contributed by atoms with Crippen LogP contribution in [0.25, 0.3) is 0 Å². The third kappa shape index (κ3) is 8.24. The van der Waals surface area contributed by atoms with E-state index in [1.54, 1.807) is 50.2 Å². The number of nitrogens with two attached hydrogens (primary N) is 2. The first-order valence-corrected chi connectivity index (χ1v) is 8.70. The van der Waals surface area contributed by atoms with Crippen LogP contribution in [0.1, 0.15) is 34.6 Å². The Labute approximate surface area is 182 Å². The van der Waals surface area contributed by atoms with Crippen LogP contribution in [0.15, 0.2) is 46.2 Å². The molecule has 0 fully saturated rings. The van der Waals surface area contributed by atoms with Gasteiger partial charge in [0.05, 0.1) is 24.3 Å². The maximum Gasteiger partial charge on any atom is 0.338 e. The molecule has 142 valence electrons. The minimum Gasteiger partial charge on any atom is -0.462 e. The molecule has 27 heavy (non-hydrogen) atoms. The van der Waals surface area contributed by atoms with Crippen molar-refractivity contribution in [3.63, 3.8) is 0 Å². The molecule has 0 heterocycles. The first kappa shape index (κ1) is 25.3. The molecule has 0 radical (unpaired) electrons. The number of esters is 2. The second-order valence-corrected chi connectivity index (χ2v) is 5.95. The molecule has 0 saturated heterocycles. The smallest absolute Gasteiger partial charge is 0.338 e. The van der Waals surface area contributed by atoms with E-state index in [-0.39, 0.29) is 31.4 Å². The van der Waals surface area contributed by atoms with Crippen LogP contribution < -0.4 is 11.5 Å². The van der Waals surface area contributed by atoms with E-state index in [1.165, 1.54) is 0 Å². The van der Waals surface area contributed by atoms with E-state index < -0.39 is 0 Å². The van der Waals surface area contributed by atoms with Crippen LogP contribution in [0, 0.1) is 0 Å². The zero-order valence-electron chi connectivity index (χ0n) is 15.3. The number of hydrogen-bond donors (Lipinski definition) is 4. The standard InChI is InChI=1S/2C9H11NO2S.Zn/c2*1-2-12-9(11)6-3-4-7(10)8(13)5-6;/h2*3-5,13H,2,10H2,1H3;. The van der Waals surface area contributed by atoms with Gasteiger partial charge in [-0.25, -0.2) is 9.59 Å². The molecule has 0 saturated carbocycles. The van der Waals surface area contributed by atoms with Crippen LogP contribution in [-0.2, 0) is 29.0 Å². The van der Waals surface area contributed by atoms with E-state index in [9.17, 15) is 9.59 Å². The molecule has 0 unspecified atom stereocenters. The zero-order chi connectivity index (χ0) is 19.7. The molecule has 0 aliphatic carbocycles. The van der Waals surface area contributed by atoms with Crippen molar-refractivity contribution in [2.24, 2.45) is 0 Å². The molecule has 6 nitrogen and oxygen atoms in total. The molecule has 0 bridgehead atoms. The van der Waals surface area contributed by atoms with Crippen molar-refractivity contribution < 1.29 is 38.5 Å². The summed E-state index contributed by atoms with van der Waals surface area (Å²) in [5, 5.41) is 0. The van der Waals surface area contributed by atoms with E-state index in [0.29, 0.717) is 45.5 Å². The summed E-state index contributed by atoms with van der Waals surface area (Å²) >= 11 is 8.19. The van der Waals surface area contributed by atoms with E-state index in [0.717, 1.165) is 0 Å². The molecule has 2 aromatic rings. The Bertz CT molecular complexity index is 722. The number of benzene rings is 2. The number of carbonyl (C=O) groups excluding carboxylic acids is 2. The monoisotopic (exact) mass is 458 g/mol.